The second-order valence-electron chi connectivity index (χ2n) is 6.79. The molecule has 0 aromatic rings. The van der Waals surface area contributed by atoms with E-state index in [1.54, 1.807) is 7.11 Å². The number of ether oxygens (including phenoxy) is 2. The molecule has 1 rings (SSSR count). The maximum atomic E-state index is 10.3. The minimum Gasteiger partial charge on any atom is -0.393 e. The minimum absolute atomic E-state index is 0.117. The highest BCUT2D eigenvalue weighted by Crippen LogP contribution is 2.42. The number of methoxy groups -OCH3 is 1. The third-order valence-corrected chi connectivity index (χ3v) is 4.62. The summed E-state index contributed by atoms with van der Waals surface area (Å²) in [5.41, 5.74) is 0.212. The molecule has 0 spiro atoms. The van der Waals surface area contributed by atoms with Crippen LogP contribution in [0.15, 0.2) is 0 Å². The van der Waals surface area contributed by atoms with Crippen LogP contribution in [0.1, 0.15) is 52.9 Å². The molecule has 0 aromatic heterocycles. The van der Waals surface area contributed by atoms with E-state index in [1.165, 1.54) is 12.8 Å². The van der Waals surface area contributed by atoms with Gasteiger partial charge in [-0.25, -0.2) is 0 Å². The van der Waals surface area contributed by atoms with Gasteiger partial charge in [-0.1, -0.05) is 27.2 Å². The molecular formula is C16H32O3. The molecule has 0 heterocycles. The second-order valence-corrected chi connectivity index (χ2v) is 6.79. The number of rotatable bonds is 8. The van der Waals surface area contributed by atoms with E-state index >= 15 is 0 Å². The molecule has 19 heavy (non-hydrogen) atoms. The first-order valence-electron chi connectivity index (χ1n) is 7.72. The van der Waals surface area contributed by atoms with Gasteiger partial charge in [0.05, 0.1) is 19.3 Å². The summed E-state index contributed by atoms with van der Waals surface area (Å²) >= 11 is 0. The number of aliphatic hydroxyl groups excluding tert-OH is 1. The van der Waals surface area contributed by atoms with Gasteiger partial charge in [-0.15, -0.1) is 0 Å². The van der Waals surface area contributed by atoms with Crippen molar-refractivity contribution in [3.63, 3.8) is 0 Å². The van der Waals surface area contributed by atoms with Crippen LogP contribution in [0.3, 0.4) is 0 Å². The summed E-state index contributed by atoms with van der Waals surface area (Å²) in [6, 6.07) is 0. The summed E-state index contributed by atoms with van der Waals surface area (Å²) in [5, 5.41) is 10.3. The molecule has 3 unspecified atom stereocenters. The van der Waals surface area contributed by atoms with E-state index in [1.807, 2.05) is 0 Å². The molecule has 1 aliphatic carbocycles. The second kappa shape index (κ2) is 8.23. The van der Waals surface area contributed by atoms with E-state index in [9.17, 15) is 5.11 Å². The Kier molecular flexibility index (Phi) is 7.33. The largest absolute Gasteiger partial charge is 0.393 e. The molecule has 1 fully saturated rings. The van der Waals surface area contributed by atoms with Gasteiger partial charge in [0.1, 0.15) is 0 Å². The molecule has 0 amide bonds. The van der Waals surface area contributed by atoms with Gasteiger partial charge in [0.15, 0.2) is 0 Å². The van der Waals surface area contributed by atoms with Crippen molar-refractivity contribution in [2.24, 2.45) is 17.3 Å². The monoisotopic (exact) mass is 272 g/mol. The highest BCUT2D eigenvalue weighted by molar-refractivity contribution is 4.88. The summed E-state index contributed by atoms with van der Waals surface area (Å²) in [4.78, 5) is 0. The first-order chi connectivity index (χ1) is 8.97. The van der Waals surface area contributed by atoms with E-state index in [0.717, 1.165) is 25.9 Å². The van der Waals surface area contributed by atoms with Crippen molar-refractivity contribution in [2.45, 2.75) is 59.0 Å². The summed E-state index contributed by atoms with van der Waals surface area (Å²) < 4.78 is 10.5. The van der Waals surface area contributed by atoms with Crippen LogP contribution in [-0.4, -0.2) is 38.1 Å². The van der Waals surface area contributed by atoms with Gasteiger partial charge in [0, 0.05) is 13.7 Å². The lowest BCUT2D eigenvalue weighted by atomic mass is 9.66. The molecule has 3 heteroatoms. The average Bonchev–Trinajstić information content (AvgIpc) is 2.33. The quantitative estimate of drug-likeness (QED) is 0.689. The Hall–Kier alpha value is -0.120. The molecule has 1 N–H and O–H groups in total. The molecule has 3 atom stereocenters. The summed E-state index contributed by atoms with van der Waals surface area (Å²) in [6.45, 7) is 8.99. The lowest BCUT2D eigenvalue weighted by molar-refractivity contribution is -0.0203. The van der Waals surface area contributed by atoms with Crippen molar-refractivity contribution in [2.75, 3.05) is 26.9 Å². The van der Waals surface area contributed by atoms with Crippen molar-refractivity contribution < 1.29 is 14.6 Å². The van der Waals surface area contributed by atoms with Crippen LogP contribution < -0.4 is 0 Å². The first-order valence-corrected chi connectivity index (χ1v) is 7.72. The number of hydrogen-bond donors (Lipinski definition) is 1. The highest BCUT2D eigenvalue weighted by Gasteiger charge is 2.37. The normalized spacial score (nSPS) is 28.6. The zero-order valence-electron chi connectivity index (χ0n) is 13.2. The molecule has 0 saturated heterocycles. The Labute approximate surface area is 118 Å². The smallest absolute Gasteiger partial charge is 0.0700 e. The third-order valence-electron chi connectivity index (χ3n) is 4.62. The standard InChI is InChI=1S/C16H32O3/c1-13-6-7-14(15(17)12-13)16(2,3)8-5-9-19-11-10-18-4/h13-15,17H,5-12H2,1-4H3. The Balaban J connectivity index is 2.26. The predicted octanol–water partition coefficient (Wildman–Crippen LogP) is 3.25. The van der Waals surface area contributed by atoms with Crippen LogP contribution in [0.25, 0.3) is 0 Å². The Morgan fingerprint density at radius 1 is 1.16 bits per heavy atom. The van der Waals surface area contributed by atoms with Gasteiger partial charge in [0.25, 0.3) is 0 Å². The van der Waals surface area contributed by atoms with Gasteiger partial charge in [-0.05, 0) is 42.9 Å². The van der Waals surface area contributed by atoms with Gasteiger partial charge < -0.3 is 14.6 Å². The fourth-order valence-corrected chi connectivity index (χ4v) is 3.32. The van der Waals surface area contributed by atoms with Crippen LogP contribution in [0, 0.1) is 17.3 Å². The van der Waals surface area contributed by atoms with Gasteiger partial charge >= 0.3 is 0 Å². The van der Waals surface area contributed by atoms with E-state index < -0.39 is 0 Å². The SMILES string of the molecule is COCCOCCCC(C)(C)C1CCC(C)CC1O. The predicted molar refractivity (Wildman–Crippen MR) is 78.2 cm³/mol. The van der Waals surface area contributed by atoms with Crippen molar-refractivity contribution in [1.82, 2.24) is 0 Å². The summed E-state index contributed by atoms with van der Waals surface area (Å²) in [6.07, 6.45) is 5.47. The van der Waals surface area contributed by atoms with Gasteiger partial charge in [-0.3, -0.25) is 0 Å². The van der Waals surface area contributed by atoms with Gasteiger partial charge in [0.2, 0.25) is 0 Å². The minimum atomic E-state index is -0.117. The maximum absolute atomic E-state index is 10.3. The van der Waals surface area contributed by atoms with Crippen LogP contribution in [0.4, 0.5) is 0 Å². The molecule has 3 nitrogen and oxygen atoms in total. The fourth-order valence-electron chi connectivity index (χ4n) is 3.32. The lowest BCUT2D eigenvalue weighted by Gasteiger charge is -2.42. The van der Waals surface area contributed by atoms with Crippen molar-refractivity contribution in [3.05, 3.63) is 0 Å². The van der Waals surface area contributed by atoms with Crippen LogP contribution >= 0.6 is 0 Å². The molecule has 0 aliphatic heterocycles. The topological polar surface area (TPSA) is 38.7 Å². The van der Waals surface area contributed by atoms with E-state index in [4.69, 9.17) is 9.47 Å². The highest BCUT2D eigenvalue weighted by atomic mass is 16.5. The van der Waals surface area contributed by atoms with E-state index in [0.29, 0.717) is 25.0 Å². The van der Waals surface area contributed by atoms with Gasteiger partial charge in [-0.2, -0.15) is 0 Å². The fraction of sp³-hybridized carbons (Fsp3) is 1.00. The molecule has 114 valence electrons. The van der Waals surface area contributed by atoms with E-state index in [-0.39, 0.29) is 11.5 Å². The number of aliphatic hydroxyl groups is 1. The molecular weight excluding hydrogens is 240 g/mol. The Bertz CT molecular complexity index is 240. The third kappa shape index (κ3) is 5.80. The van der Waals surface area contributed by atoms with Crippen molar-refractivity contribution >= 4 is 0 Å². The summed E-state index contributed by atoms with van der Waals surface area (Å²) in [7, 11) is 1.69. The molecule has 1 saturated carbocycles. The van der Waals surface area contributed by atoms with Crippen LogP contribution in [-0.2, 0) is 9.47 Å². The molecule has 1 aliphatic rings. The van der Waals surface area contributed by atoms with Crippen molar-refractivity contribution in [3.8, 4) is 0 Å². The Morgan fingerprint density at radius 3 is 2.53 bits per heavy atom. The molecule has 0 aromatic carbocycles. The maximum Gasteiger partial charge on any atom is 0.0700 e. The molecule has 0 radical (unpaired) electrons. The van der Waals surface area contributed by atoms with Crippen LogP contribution in [0.5, 0.6) is 0 Å². The average molecular weight is 272 g/mol. The summed E-state index contributed by atoms with van der Waals surface area (Å²) in [5.74, 6) is 1.13. The zero-order chi connectivity index (χ0) is 14.3. The Morgan fingerprint density at radius 2 is 1.89 bits per heavy atom. The number of hydrogen-bond acceptors (Lipinski definition) is 3. The molecule has 0 bridgehead atoms. The lowest BCUT2D eigenvalue weighted by Crippen LogP contribution is -2.38. The van der Waals surface area contributed by atoms with E-state index in [2.05, 4.69) is 20.8 Å². The zero-order valence-corrected chi connectivity index (χ0v) is 13.2. The first kappa shape index (κ1) is 16.9. The van der Waals surface area contributed by atoms with Crippen LogP contribution in [0.2, 0.25) is 0 Å². The van der Waals surface area contributed by atoms with Crippen molar-refractivity contribution in [1.29, 1.82) is 0 Å².